The number of halogens is 2. The normalized spacial score (nSPS) is 11.0. The van der Waals surface area contributed by atoms with Gasteiger partial charge in [-0.1, -0.05) is 53.7 Å². The number of thioether (sulfide) groups is 1. The topological polar surface area (TPSA) is 34.9 Å². The molecule has 3 rings (SSSR count). The molecule has 0 bridgehead atoms. The number of aryl methyl sites for hydroxylation is 2. The Hall–Kier alpha value is -2.11. The van der Waals surface area contributed by atoms with E-state index >= 15 is 0 Å². The summed E-state index contributed by atoms with van der Waals surface area (Å²) in [5.74, 6) is -0.0459. The summed E-state index contributed by atoms with van der Waals surface area (Å²) in [4.78, 5) is 17.5. The molecular weight excluding hydrogens is 383 g/mol. The maximum absolute atomic E-state index is 14.0. The Morgan fingerprint density at radius 1 is 1.11 bits per heavy atom. The smallest absolute Gasteiger partial charge is 0.257 e. The molecule has 2 aromatic carbocycles. The zero-order valence-corrected chi connectivity index (χ0v) is 17.0. The molecule has 6 heteroatoms. The highest BCUT2D eigenvalue weighted by Crippen LogP contribution is 2.27. The van der Waals surface area contributed by atoms with Crippen molar-refractivity contribution in [3.8, 4) is 0 Å². The fourth-order valence-corrected chi connectivity index (χ4v) is 4.22. The standard InChI is InChI=1S/C21H20ClFN2OS/c1-13-7-4-5-8-15(13)11-16-14(2)24-21(25(3)20(16)26)27-12-17-18(22)9-6-10-19(17)23/h4-10H,11-12H2,1-3H3. The highest BCUT2D eigenvalue weighted by molar-refractivity contribution is 7.98. The van der Waals surface area contributed by atoms with Crippen molar-refractivity contribution in [3.63, 3.8) is 0 Å². The van der Waals surface area contributed by atoms with Crippen LogP contribution in [0.5, 0.6) is 0 Å². The van der Waals surface area contributed by atoms with Gasteiger partial charge in [0, 0.05) is 41.1 Å². The predicted octanol–water partition coefficient (Wildman–Crippen LogP) is 5.07. The minimum atomic E-state index is -0.354. The molecule has 27 heavy (non-hydrogen) atoms. The van der Waals surface area contributed by atoms with Crippen LogP contribution in [0.2, 0.25) is 5.02 Å². The first-order valence-electron chi connectivity index (χ1n) is 8.55. The van der Waals surface area contributed by atoms with E-state index in [9.17, 15) is 9.18 Å². The van der Waals surface area contributed by atoms with Gasteiger partial charge < -0.3 is 0 Å². The molecule has 0 aliphatic rings. The molecule has 0 aliphatic carbocycles. The van der Waals surface area contributed by atoms with Gasteiger partial charge in [-0.15, -0.1) is 0 Å². The summed E-state index contributed by atoms with van der Waals surface area (Å²) in [7, 11) is 1.70. The summed E-state index contributed by atoms with van der Waals surface area (Å²) in [5, 5.41) is 0.922. The monoisotopic (exact) mass is 402 g/mol. The van der Waals surface area contributed by atoms with Gasteiger partial charge in [0.15, 0.2) is 5.16 Å². The first-order valence-corrected chi connectivity index (χ1v) is 9.91. The van der Waals surface area contributed by atoms with E-state index in [2.05, 4.69) is 4.98 Å². The summed E-state index contributed by atoms with van der Waals surface area (Å²) < 4.78 is 15.5. The Morgan fingerprint density at radius 3 is 2.56 bits per heavy atom. The number of rotatable bonds is 5. The Balaban J connectivity index is 1.89. The number of aromatic nitrogens is 2. The third-order valence-corrected chi connectivity index (χ3v) is 6.00. The minimum Gasteiger partial charge on any atom is -0.291 e. The molecule has 0 spiro atoms. The molecule has 0 N–H and O–H groups in total. The van der Waals surface area contributed by atoms with Crippen molar-refractivity contribution >= 4 is 23.4 Å². The summed E-state index contributed by atoms with van der Waals surface area (Å²) in [5.41, 5.74) is 3.97. The highest BCUT2D eigenvalue weighted by Gasteiger charge is 2.15. The number of nitrogens with zero attached hydrogens (tertiary/aromatic N) is 2. The van der Waals surface area contributed by atoms with Crippen LogP contribution in [0.4, 0.5) is 4.39 Å². The van der Waals surface area contributed by atoms with Crippen LogP contribution in [-0.2, 0) is 19.2 Å². The average Bonchev–Trinajstić information content (AvgIpc) is 2.63. The van der Waals surface area contributed by atoms with Crippen LogP contribution in [0.15, 0.2) is 52.4 Å². The second-order valence-corrected chi connectivity index (χ2v) is 7.76. The first kappa shape index (κ1) is 19.6. The van der Waals surface area contributed by atoms with E-state index in [1.807, 2.05) is 38.1 Å². The van der Waals surface area contributed by atoms with Gasteiger partial charge in [0.25, 0.3) is 5.56 Å². The zero-order chi connectivity index (χ0) is 19.6. The molecule has 0 radical (unpaired) electrons. The molecule has 140 valence electrons. The van der Waals surface area contributed by atoms with Gasteiger partial charge >= 0.3 is 0 Å². The van der Waals surface area contributed by atoms with Crippen molar-refractivity contribution < 1.29 is 4.39 Å². The van der Waals surface area contributed by atoms with Crippen LogP contribution in [0.3, 0.4) is 0 Å². The van der Waals surface area contributed by atoms with Crippen LogP contribution in [-0.4, -0.2) is 9.55 Å². The lowest BCUT2D eigenvalue weighted by atomic mass is 10.0. The highest BCUT2D eigenvalue weighted by atomic mass is 35.5. The zero-order valence-electron chi connectivity index (χ0n) is 15.4. The van der Waals surface area contributed by atoms with Gasteiger partial charge in [-0.2, -0.15) is 0 Å². The predicted molar refractivity (Wildman–Crippen MR) is 109 cm³/mol. The van der Waals surface area contributed by atoms with Crippen molar-refractivity contribution in [1.82, 2.24) is 9.55 Å². The third kappa shape index (κ3) is 4.25. The van der Waals surface area contributed by atoms with Crippen LogP contribution in [0, 0.1) is 19.7 Å². The molecule has 0 aliphatic heterocycles. The van der Waals surface area contributed by atoms with E-state index in [0.717, 1.165) is 11.1 Å². The SMILES string of the molecule is Cc1ccccc1Cc1c(C)nc(SCc2c(F)cccc2Cl)n(C)c1=O. The Kier molecular flexibility index (Phi) is 6.02. The molecule has 3 aromatic rings. The third-order valence-electron chi connectivity index (χ3n) is 4.59. The lowest BCUT2D eigenvalue weighted by Crippen LogP contribution is -2.26. The lowest BCUT2D eigenvalue weighted by Gasteiger charge is -2.13. The van der Waals surface area contributed by atoms with Gasteiger partial charge in [-0.3, -0.25) is 9.36 Å². The van der Waals surface area contributed by atoms with E-state index < -0.39 is 0 Å². The van der Waals surface area contributed by atoms with Gasteiger partial charge in [0.05, 0.1) is 0 Å². The Morgan fingerprint density at radius 2 is 1.85 bits per heavy atom. The summed E-state index contributed by atoms with van der Waals surface area (Å²) in [6, 6.07) is 12.6. The number of hydrogen-bond acceptors (Lipinski definition) is 3. The molecule has 1 heterocycles. The molecule has 0 fully saturated rings. The second-order valence-electron chi connectivity index (χ2n) is 6.41. The average molecular weight is 403 g/mol. The minimum absolute atomic E-state index is 0.0760. The number of benzene rings is 2. The molecule has 0 amide bonds. The van der Waals surface area contributed by atoms with E-state index in [1.54, 1.807) is 19.2 Å². The van der Waals surface area contributed by atoms with Gasteiger partial charge in [0.1, 0.15) is 5.82 Å². The second kappa shape index (κ2) is 8.28. The molecule has 0 saturated heterocycles. The van der Waals surface area contributed by atoms with Crippen molar-refractivity contribution in [2.75, 3.05) is 0 Å². The van der Waals surface area contributed by atoms with Gasteiger partial charge in [-0.05, 0) is 37.1 Å². The summed E-state index contributed by atoms with van der Waals surface area (Å²) in [6.45, 7) is 3.88. The molecule has 1 aromatic heterocycles. The molecule has 0 atom stereocenters. The molecule has 0 unspecified atom stereocenters. The Labute approximate surface area is 167 Å². The van der Waals surface area contributed by atoms with Crippen molar-refractivity contribution in [1.29, 1.82) is 0 Å². The van der Waals surface area contributed by atoms with E-state index in [0.29, 0.717) is 39.2 Å². The van der Waals surface area contributed by atoms with Gasteiger partial charge in [0.2, 0.25) is 0 Å². The van der Waals surface area contributed by atoms with Crippen molar-refractivity contribution in [2.24, 2.45) is 7.05 Å². The van der Waals surface area contributed by atoms with E-state index in [-0.39, 0.29) is 11.4 Å². The quantitative estimate of drug-likeness (QED) is 0.441. The molecular formula is C21H20ClFN2OS. The van der Waals surface area contributed by atoms with E-state index in [4.69, 9.17) is 11.6 Å². The largest absolute Gasteiger partial charge is 0.291 e. The van der Waals surface area contributed by atoms with Crippen LogP contribution in [0.25, 0.3) is 0 Å². The maximum Gasteiger partial charge on any atom is 0.257 e. The number of hydrogen-bond donors (Lipinski definition) is 0. The summed E-state index contributed by atoms with van der Waals surface area (Å²) in [6.07, 6.45) is 0.544. The fourth-order valence-electron chi connectivity index (χ4n) is 2.87. The Bertz CT molecular complexity index is 1030. The van der Waals surface area contributed by atoms with E-state index in [1.165, 1.54) is 22.4 Å². The summed E-state index contributed by atoms with van der Waals surface area (Å²) >= 11 is 7.39. The maximum atomic E-state index is 14.0. The van der Waals surface area contributed by atoms with Gasteiger partial charge in [-0.25, -0.2) is 9.37 Å². The van der Waals surface area contributed by atoms with Crippen molar-refractivity contribution in [3.05, 3.63) is 91.6 Å². The molecule has 0 saturated carbocycles. The lowest BCUT2D eigenvalue weighted by molar-refractivity contribution is 0.617. The fraction of sp³-hybridized carbons (Fsp3) is 0.238. The van der Waals surface area contributed by atoms with Crippen molar-refractivity contribution in [2.45, 2.75) is 31.2 Å². The van der Waals surface area contributed by atoms with Crippen LogP contribution >= 0.6 is 23.4 Å². The van der Waals surface area contributed by atoms with Crippen LogP contribution in [0.1, 0.15) is 27.9 Å². The molecule has 3 nitrogen and oxygen atoms in total. The first-order chi connectivity index (χ1) is 12.9. The van der Waals surface area contributed by atoms with Crippen LogP contribution < -0.4 is 5.56 Å².